The van der Waals surface area contributed by atoms with Gasteiger partial charge in [0.2, 0.25) is 5.60 Å². The normalized spacial score (nSPS) is 11.2. The minimum Gasteiger partial charge on any atom is -0.453 e. The van der Waals surface area contributed by atoms with E-state index >= 15 is 0 Å². The molecule has 0 fully saturated rings. The molecule has 0 atom stereocenters. The molecule has 1 N–H and O–H groups in total. The molecule has 31 heavy (non-hydrogen) atoms. The van der Waals surface area contributed by atoms with Crippen molar-refractivity contribution in [1.29, 1.82) is 0 Å². The van der Waals surface area contributed by atoms with E-state index in [1.54, 1.807) is 65.6 Å². The Bertz CT molecular complexity index is 948. The first-order valence-electron chi connectivity index (χ1n) is 10.3. The minimum absolute atomic E-state index is 0.0754. The Morgan fingerprint density at radius 1 is 0.839 bits per heavy atom. The van der Waals surface area contributed by atoms with E-state index in [2.05, 4.69) is 0 Å². The lowest BCUT2D eigenvalue weighted by Gasteiger charge is -2.29. The van der Waals surface area contributed by atoms with Crippen LogP contribution >= 0.6 is 0 Å². The molecule has 0 bridgehead atoms. The van der Waals surface area contributed by atoms with Gasteiger partial charge in [-0.15, -0.1) is 0 Å². The number of hydrogen-bond donors (Lipinski definition) is 1. The van der Waals surface area contributed by atoms with Crippen molar-refractivity contribution >= 4 is 11.9 Å². The summed E-state index contributed by atoms with van der Waals surface area (Å²) in [5, 5.41) is 11.4. The van der Waals surface area contributed by atoms with Crippen LogP contribution in [0.3, 0.4) is 0 Å². The summed E-state index contributed by atoms with van der Waals surface area (Å²) in [7, 11) is 0. The molecule has 5 nitrogen and oxygen atoms in total. The second-order valence-electron chi connectivity index (χ2n) is 7.62. The third kappa shape index (κ3) is 5.19. The zero-order valence-electron chi connectivity index (χ0n) is 17.8. The average Bonchev–Trinajstić information content (AvgIpc) is 2.81. The van der Waals surface area contributed by atoms with Gasteiger partial charge in [-0.2, -0.15) is 0 Å². The highest BCUT2D eigenvalue weighted by atomic mass is 16.6. The second kappa shape index (κ2) is 10.0. The Labute approximate surface area is 182 Å². The van der Waals surface area contributed by atoms with Crippen molar-refractivity contribution in [1.82, 2.24) is 4.90 Å². The predicted octanol–water partition coefficient (Wildman–Crippen LogP) is 3.90. The maximum atomic E-state index is 13.1. The molecule has 3 rings (SSSR count). The molecule has 5 heteroatoms. The van der Waals surface area contributed by atoms with Gasteiger partial charge in [-0.3, -0.25) is 4.79 Å². The molecule has 0 saturated heterocycles. The van der Waals surface area contributed by atoms with E-state index in [0.717, 1.165) is 5.56 Å². The lowest BCUT2D eigenvalue weighted by molar-refractivity contribution is -0.167. The van der Waals surface area contributed by atoms with E-state index in [4.69, 9.17) is 4.74 Å². The number of benzene rings is 3. The van der Waals surface area contributed by atoms with Gasteiger partial charge in [-0.05, 0) is 30.5 Å². The van der Waals surface area contributed by atoms with Crippen molar-refractivity contribution in [2.45, 2.75) is 32.0 Å². The number of rotatable bonds is 8. The van der Waals surface area contributed by atoms with Gasteiger partial charge in [-0.25, -0.2) is 4.79 Å². The third-order valence-electron chi connectivity index (χ3n) is 5.14. The molecule has 0 aliphatic rings. The zero-order valence-corrected chi connectivity index (χ0v) is 17.8. The molecule has 0 aliphatic heterocycles. The van der Waals surface area contributed by atoms with Crippen molar-refractivity contribution in [2.24, 2.45) is 0 Å². The van der Waals surface area contributed by atoms with Gasteiger partial charge in [0.25, 0.3) is 5.91 Å². The molecule has 160 valence electrons. The highest BCUT2D eigenvalue weighted by Gasteiger charge is 2.42. The smallest absolute Gasteiger partial charge is 0.348 e. The van der Waals surface area contributed by atoms with Gasteiger partial charge in [0.05, 0.1) is 0 Å². The van der Waals surface area contributed by atoms with Crippen molar-refractivity contribution in [2.75, 3.05) is 6.61 Å². The zero-order chi connectivity index (χ0) is 22.3. The summed E-state index contributed by atoms with van der Waals surface area (Å²) in [6.07, 6.45) is 0. The van der Waals surface area contributed by atoms with Crippen LogP contribution in [0.2, 0.25) is 0 Å². The lowest BCUT2D eigenvalue weighted by atomic mass is 9.86. The Morgan fingerprint density at radius 2 is 1.29 bits per heavy atom. The van der Waals surface area contributed by atoms with Crippen LogP contribution in [-0.2, 0) is 26.5 Å². The number of aliphatic hydroxyl groups is 1. The van der Waals surface area contributed by atoms with Crippen molar-refractivity contribution in [3.05, 3.63) is 108 Å². The highest BCUT2D eigenvalue weighted by molar-refractivity contribution is 5.88. The number of hydrogen-bond acceptors (Lipinski definition) is 4. The molecule has 1 amide bonds. The van der Waals surface area contributed by atoms with E-state index in [1.165, 1.54) is 0 Å². The predicted molar refractivity (Wildman–Crippen MR) is 119 cm³/mol. The Hall–Kier alpha value is -3.44. The highest BCUT2D eigenvalue weighted by Crippen LogP contribution is 2.31. The van der Waals surface area contributed by atoms with Gasteiger partial charge in [-0.1, -0.05) is 91.0 Å². The second-order valence-corrected chi connectivity index (χ2v) is 7.62. The van der Waals surface area contributed by atoms with Gasteiger partial charge in [0.15, 0.2) is 6.61 Å². The summed E-state index contributed by atoms with van der Waals surface area (Å²) in [6, 6.07) is 26.7. The summed E-state index contributed by atoms with van der Waals surface area (Å²) in [4.78, 5) is 27.6. The molecular weight excluding hydrogens is 390 g/mol. The van der Waals surface area contributed by atoms with Crippen molar-refractivity contribution < 1.29 is 19.4 Å². The third-order valence-corrected chi connectivity index (χ3v) is 5.14. The minimum atomic E-state index is -2.01. The summed E-state index contributed by atoms with van der Waals surface area (Å²) in [5.74, 6) is -1.21. The first-order valence-corrected chi connectivity index (χ1v) is 10.3. The van der Waals surface area contributed by atoms with Gasteiger partial charge < -0.3 is 14.7 Å². The lowest BCUT2D eigenvalue weighted by Crippen LogP contribution is -2.43. The topological polar surface area (TPSA) is 66.8 Å². The fraction of sp³-hybridized carbons (Fsp3) is 0.231. The maximum absolute atomic E-state index is 13.1. The molecule has 3 aromatic rings. The van der Waals surface area contributed by atoms with Crippen molar-refractivity contribution in [3.8, 4) is 0 Å². The van der Waals surface area contributed by atoms with Gasteiger partial charge in [0.1, 0.15) is 0 Å². The number of amides is 1. The van der Waals surface area contributed by atoms with Gasteiger partial charge >= 0.3 is 5.97 Å². The van der Waals surface area contributed by atoms with Crippen LogP contribution in [0.15, 0.2) is 91.0 Å². The SMILES string of the molecule is CC(C)N(Cc1ccccc1)C(=O)COC(=O)C(O)(c1ccccc1)c1ccccc1. The summed E-state index contributed by atoms with van der Waals surface area (Å²) >= 11 is 0. The Kier molecular flexibility index (Phi) is 7.21. The first-order chi connectivity index (χ1) is 14.9. The molecular formula is C26H27NO4. The number of esters is 1. The summed E-state index contributed by atoms with van der Waals surface area (Å²) in [6.45, 7) is 3.78. The average molecular weight is 418 g/mol. The fourth-order valence-corrected chi connectivity index (χ4v) is 3.41. The molecule has 0 radical (unpaired) electrons. The molecule has 3 aromatic carbocycles. The maximum Gasteiger partial charge on any atom is 0.348 e. The molecule has 0 spiro atoms. The van der Waals surface area contributed by atoms with E-state index < -0.39 is 18.2 Å². The Balaban J connectivity index is 1.78. The standard InChI is InChI=1S/C26H27NO4/c1-20(2)27(18-21-12-6-3-7-13-21)24(28)19-31-25(29)26(30,22-14-8-4-9-15-22)23-16-10-5-11-17-23/h3-17,20,30H,18-19H2,1-2H3. The van der Waals surface area contributed by atoms with Crippen LogP contribution in [0.25, 0.3) is 0 Å². The number of ether oxygens (including phenoxy) is 1. The fourth-order valence-electron chi connectivity index (χ4n) is 3.41. The monoisotopic (exact) mass is 417 g/mol. The summed E-state index contributed by atoms with van der Waals surface area (Å²) in [5.41, 5.74) is -0.265. The number of carbonyl (C=O) groups excluding carboxylic acids is 2. The number of carbonyl (C=O) groups is 2. The molecule has 0 heterocycles. The van der Waals surface area contributed by atoms with Crippen LogP contribution in [0, 0.1) is 0 Å². The van der Waals surface area contributed by atoms with Crippen LogP contribution < -0.4 is 0 Å². The quantitative estimate of drug-likeness (QED) is 0.565. The summed E-state index contributed by atoms with van der Waals surface area (Å²) < 4.78 is 5.37. The Morgan fingerprint density at radius 3 is 1.74 bits per heavy atom. The van der Waals surface area contributed by atoms with Gasteiger partial charge in [0, 0.05) is 12.6 Å². The van der Waals surface area contributed by atoms with Crippen LogP contribution in [-0.4, -0.2) is 34.5 Å². The molecule has 0 unspecified atom stereocenters. The van der Waals surface area contributed by atoms with E-state index in [1.807, 2.05) is 44.2 Å². The van der Waals surface area contributed by atoms with E-state index in [-0.39, 0.29) is 11.9 Å². The van der Waals surface area contributed by atoms with E-state index in [9.17, 15) is 14.7 Å². The van der Waals surface area contributed by atoms with Crippen LogP contribution in [0.5, 0.6) is 0 Å². The van der Waals surface area contributed by atoms with Crippen molar-refractivity contribution in [3.63, 3.8) is 0 Å². The van der Waals surface area contributed by atoms with E-state index in [0.29, 0.717) is 17.7 Å². The molecule has 0 aromatic heterocycles. The largest absolute Gasteiger partial charge is 0.453 e. The van der Waals surface area contributed by atoms with Crippen LogP contribution in [0.4, 0.5) is 0 Å². The first kappa shape index (κ1) is 22.2. The molecule has 0 saturated carbocycles. The van der Waals surface area contributed by atoms with Crippen LogP contribution in [0.1, 0.15) is 30.5 Å². The molecule has 0 aliphatic carbocycles. The number of nitrogens with zero attached hydrogens (tertiary/aromatic N) is 1.